The number of nitrogens with zero attached hydrogens (tertiary/aromatic N) is 1. The van der Waals surface area contributed by atoms with Crippen LogP contribution in [0.1, 0.15) is 13.8 Å². The number of allylic oxidation sites excluding steroid dienone is 1. The Morgan fingerprint density at radius 2 is 2.62 bits per heavy atom. The van der Waals surface area contributed by atoms with Crippen molar-refractivity contribution in [2.24, 2.45) is 0 Å². The largest absolute Gasteiger partial charge is 0.370 e. The minimum atomic E-state index is 0.988. The Labute approximate surface area is 50.2 Å². The van der Waals surface area contributed by atoms with Gasteiger partial charge in [-0.25, -0.2) is 0 Å². The van der Waals surface area contributed by atoms with Gasteiger partial charge >= 0.3 is 0 Å². The van der Waals surface area contributed by atoms with Crippen molar-refractivity contribution in [3.8, 4) is 0 Å². The van der Waals surface area contributed by atoms with Crippen molar-refractivity contribution in [2.75, 3.05) is 13.2 Å². The van der Waals surface area contributed by atoms with E-state index in [4.69, 9.17) is 0 Å². The minimum absolute atomic E-state index is 0.988. The van der Waals surface area contributed by atoms with Crippen LogP contribution in [0.15, 0.2) is 11.9 Å². The van der Waals surface area contributed by atoms with Gasteiger partial charge in [-0.2, -0.15) is 0 Å². The first kappa shape index (κ1) is 5.48. The van der Waals surface area contributed by atoms with Gasteiger partial charge in [0.15, 0.2) is 0 Å². The molecule has 0 saturated carbocycles. The van der Waals surface area contributed by atoms with Crippen LogP contribution >= 0.6 is 0 Å². The predicted octanol–water partition coefficient (Wildman–Crippen LogP) is 0.730. The van der Waals surface area contributed by atoms with Crippen molar-refractivity contribution in [3.63, 3.8) is 0 Å². The van der Waals surface area contributed by atoms with E-state index in [0.717, 1.165) is 13.2 Å². The molecule has 0 radical (unpaired) electrons. The first-order chi connectivity index (χ1) is 3.83. The Morgan fingerprint density at radius 1 is 1.88 bits per heavy atom. The lowest BCUT2D eigenvalue weighted by atomic mass is 10.5. The molecule has 0 amide bonds. The van der Waals surface area contributed by atoms with Gasteiger partial charge in [0.1, 0.15) is 0 Å². The first-order valence-electron chi connectivity index (χ1n) is 2.99. The average molecular weight is 112 g/mol. The van der Waals surface area contributed by atoms with E-state index in [2.05, 4.69) is 30.3 Å². The maximum Gasteiger partial charge on any atom is 0.0869 e. The number of rotatable bonds is 1. The molecular formula is C6H12N2. The zero-order valence-electron chi connectivity index (χ0n) is 5.44. The predicted molar refractivity (Wildman–Crippen MR) is 34.1 cm³/mol. The van der Waals surface area contributed by atoms with Crippen LogP contribution in [0.2, 0.25) is 0 Å². The van der Waals surface area contributed by atoms with E-state index < -0.39 is 0 Å². The van der Waals surface area contributed by atoms with Crippen LogP contribution in [0.3, 0.4) is 0 Å². The van der Waals surface area contributed by atoms with Crippen molar-refractivity contribution in [1.29, 1.82) is 0 Å². The fourth-order valence-corrected chi connectivity index (χ4v) is 0.794. The molecule has 0 unspecified atom stereocenters. The molecule has 1 aliphatic heterocycles. The third-order valence-corrected chi connectivity index (χ3v) is 1.34. The second-order valence-corrected chi connectivity index (χ2v) is 2.05. The van der Waals surface area contributed by atoms with Gasteiger partial charge in [0, 0.05) is 18.4 Å². The van der Waals surface area contributed by atoms with E-state index in [-0.39, 0.29) is 0 Å². The van der Waals surface area contributed by atoms with Crippen LogP contribution < -0.4 is 5.32 Å². The summed E-state index contributed by atoms with van der Waals surface area (Å²) in [6.45, 7) is 6.32. The lowest BCUT2D eigenvalue weighted by Crippen LogP contribution is -2.20. The van der Waals surface area contributed by atoms with Crippen molar-refractivity contribution in [1.82, 2.24) is 10.2 Å². The normalized spacial score (nSPS) is 18.2. The molecule has 0 aliphatic carbocycles. The summed E-state index contributed by atoms with van der Waals surface area (Å²) in [6, 6.07) is 0. The van der Waals surface area contributed by atoms with Gasteiger partial charge in [0.25, 0.3) is 0 Å². The van der Waals surface area contributed by atoms with Gasteiger partial charge in [-0.15, -0.1) is 0 Å². The van der Waals surface area contributed by atoms with Gasteiger partial charge in [-0.05, 0) is 13.8 Å². The van der Waals surface area contributed by atoms with Gasteiger partial charge < -0.3 is 10.2 Å². The summed E-state index contributed by atoms with van der Waals surface area (Å²) < 4.78 is 0. The van der Waals surface area contributed by atoms with Crippen LogP contribution in [0.4, 0.5) is 0 Å². The highest BCUT2D eigenvalue weighted by atomic mass is 15.3. The molecule has 0 aromatic carbocycles. The van der Waals surface area contributed by atoms with Gasteiger partial charge in [-0.3, -0.25) is 0 Å². The molecule has 2 heteroatoms. The van der Waals surface area contributed by atoms with E-state index in [1.807, 2.05) is 0 Å². The quantitative estimate of drug-likeness (QED) is 0.538. The fraction of sp³-hybridized carbons (Fsp3) is 0.667. The van der Waals surface area contributed by atoms with Crippen molar-refractivity contribution >= 4 is 0 Å². The smallest absolute Gasteiger partial charge is 0.0869 e. The maximum absolute atomic E-state index is 3.21. The van der Waals surface area contributed by atoms with Crippen LogP contribution in [0, 0.1) is 0 Å². The van der Waals surface area contributed by atoms with E-state index in [1.165, 1.54) is 5.70 Å². The third kappa shape index (κ3) is 0.941. The summed E-state index contributed by atoms with van der Waals surface area (Å²) in [5, 5.41) is 3.21. The summed E-state index contributed by atoms with van der Waals surface area (Å²) in [6.07, 6.45) is 2.14. The highest BCUT2D eigenvalue weighted by Crippen LogP contribution is 1.99. The second kappa shape index (κ2) is 2.07. The van der Waals surface area contributed by atoms with Crippen LogP contribution in [0.25, 0.3) is 0 Å². The van der Waals surface area contributed by atoms with Crippen LogP contribution in [-0.2, 0) is 0 Å². The molecule has 1 N–H and O–H groups in total. The molecule has 0 bridgehead atoms. The van der Waals surface area contributed by atoms with Crippen molar-refractivity contribution in [3.05, 3.63) is 11.9 Å². The molecule has 0 spiro atoms. The zero-order valence-corrected chi connectivity index (χ0v) is 5.44. The topological polar surface area (TPSA) is 15.3 Å². The van der Waals surface area contributed by atoms with E-state index in [9.17, 15) is 0 Å². The third-order valence-electron chi connectivity index (χ3n) is 1.34. The Balaban J connectivity index is 2.41. The molecule has 0 atom stereocenters. The van der Waals surface area contributed by atoms with Crippen molar-refractivity contribution in [2.45, 2.75) is 13.8 Å². The van der Waals surface area contributed by atoms with Crippen LogP contribution in [-0.4, -0.2) is 18.1 Å². The van der Waals surface area contributed by atoms with Crippen molar-refractivity contribution < 1.29 is 0 Å². The van der Waals surface area contributed by atoms with Crippen LogP contribution in [0.5, 0.6) is 0 Å². The monoisotopic (exact) mass is 112 g/mol. The molecule has 1 rings (SSSR count). The van der Waals surface area contributed by atoms with Gasteiger partial charge in [0.2, 0.25) is 0 Å². The molecular weight excluding hydrogens is 100 g/mol. The first-order valence-corrected chi connectivity index (χ1v) is 2.99. The number of hydrogen-bond acceptors (Lipinski definition) is 2. The SMILES string of the molecule is CCN1C=C(C)NC1. The minimum Gasteiger partial charge on any atom is -0.370 e. The lowest BCUT2D eigenvalue weighted by molar-refractivity contribution is 0.412. The molecule has 1 heterocycles. The summed E-state index contributed by atoms with van der Waals surface area (Å²) in [5.74, 6) is 0. The average Bonchev–Trinajstić information content (AvgIpc) is 2.14. The molecule has 8 heavy (non-hydrogen) atoms. The Morgan fingerprint density at radius 3 is 2.88 bits per heavy atom. The van der Waals surface area contributed by atoms with Gasteiger partial charge in [-0.1, -0.05) is 0 Å². The Hall–Kier alpha value is -0.660. The zero-order chi connectivity index (χ0) is 5.98. The highest BCUT2D eigenvalue weighted by Gasteiger charge is 2.02. The van der Waals surface area contributed by atoms with E-state index >= 15 is 0 Å². The molecule has 46 valence electrons. The summed E-state index contributed by atoms with van der Waals surface area (Å²) in [4.78, 5) is 2.23. The molecule has 0 aromatic heterocycles. The molecule has 0 aromatic rings. The number of hydrogen-bond donors (Lipinski definition) is 1. The summed E-state index contributed by atoms with van der Waals surface area (Å²) in [5.41, 5.74) is 1.27. The molecule has 0 saturated heterocycles. The molecule has 1 aliphatic rings. The Kier molecular flexibility index (Phi) is 1.42. The fourth-order valence-electron chi connectivity index (χ4n) is 0.794. The second-order valence-electron chi connectivity index (χ2n) is 2.05. The Bertz CT molecular complexity index is 107. The lowest BCUT2D eigenvalue weighted by Gasteiger charge is -2.08. The highest BCUT2D eigenvalue weighted by molar-refractivity contribution is 4.99. The van der Waals surface area contributed by atoms with E-state index in [1.54, 1.807) is 0 Å². The number of nitrogens with one attached hydrogen (secondary N) is 1. The summed E-state index contributed by atoms with van der Waals surface area (Å²) >= 11 is 0. The standard InChI is InChI=1S/C6H12N2/c1-3-8-4-6(2)7-5-8/h4,7H,3,5H2,1-2H3. The summed E-state index contributed by atoms with van der Waals surface area (Å²) in [7, 11) is 0. The molecule has 2 nitrogen and oxygen atoms in total. The molecule has 0 fully saturated rings. The van der Waals surface area contributed by atoms with E-state index in [0.29, 0.717) is 0 Å². The van der Waals surface area contributed by atoms with Gasteiger partial charge in [0.05, 0.1) is 6.67 Å². The maximum atomic E-state index is 3.21.